The number of benzene rings is 1. The first-order valence-corrected chi connectivity index (χ1v) is 8.27. The number of thiol groups is 1. The second kappa shape index (κ2) is 6.37. The van der Waals surface area contributed by atoms with E-state index in [2.05, 4.69) is 52.5 Å². The van der Waals surface area contributed by atoms with Gasteiger partial charge in [0, 0.05) is 11.6 Å². The Balaban J connectivity index is 2.26. The molecule has 2 rings (SSSR count). The molecule has 1 aliphatic heterocycles. The van der Waals surface area contributed by atoms with Gasteiger partial charge in [-0.05, 0) is 44.3 Å². The highest BCUT2D eigenvalue weighted by Crippen LogP contribution is 2.39. The molecular formula is C16H22BClO2S. The number of rotatable bonds is 4. The van der Waals surface area contributed by atoms with Gasteiger partial charge in [0.1, 0.15) is 0 Å². The zero-order valence-corrected chi connectivity index (χ0v) is 14.7. The number of halogens is 1. The molecule has 0 radical (unpaired) electrons. The monoisotopic (exact) mass is 324 g/mol. The van der Waals surface area contributed by atoms with Crippen LogP contribution in [0.3, 0.4) is 0 Å². The first-order valence-electron chi connectivity index (χ1n) is 7.11. The van der Waals surface area contributed by atoms with Crippen molar-refractivity contribution in [3.63, 3.8) is 0 Å². The maximum Gasteiger partial charge on any atom is 0.491 e. The fraction of sp³-hybridized carbons (Fsp3) is 0.500. The van der Waals surface area contributed by atoms with Gasteiger partial charge in [0.25, 0.3) is 0 Å². The maximum atomic E-state index is 6.08. The van der Waals surface area contributed by atoms with Gasteiger partial charge in [0.2, 0.25) is 0 Å². The summed E-state index contributed by atoms with van der Waals surface area (Å²) in [5, 5.41) is 0. The Morgan fingerprint density at radius 1 is 1.24 bits per heavy atom. The zero-order valence-electron chi connectivity index (χ0n) is 13.0. The van der Waals surface area contributed by atoms with Crippen LogP contribution in [0.1, 0.15) is 38.8 Å². The van der Waals surface area contributed by atoms with Crippen LogP contribution in [0.15, 0.2) is 29.7 Å². The van der Waals surface area contributed by atoms with Gasteiger partial charge in [-0.2, -0.15) is 12.6 Å². The normalized spacial score (nSPS) is 20.9. The summed E-state index contributed by atoms with van der Waals surface area (Å²) < 4.78 is 12.2. The molecule has 0 atom stereocenters. The summed E-state index contributed by atoms with van der Waals surface area (Å²) >= 11 is 10.3. The third-order valence-corrected chi connectivity index (χ3v) is 4.87. The van der Waals surface area contributed by atoms with Crippen molar-refractivity contribution in [1.82, 2.24) is 0 Å². The topological polar surface area (TPSA) is 18.5 Å². The third kappa shape index (κ3) is 3.68. The van der Waals surface area contributed by atoms with Crippen molar-refractivity contribution in [3.05, 3.63) is 40.9 Å². The molecule has 1 heterocycles. The first-order chi connectivity index (χ1) is 9.79. The van der Waals surface area contributed by atoms with Crippen LogP contribution in [-0.4, -0.2) is 24.1 Å². The van der Waals surface area contributed by atoms with Crippen LogP contribution in [-0.2, 0) is 15.2 Å². The SMILES string of the molecule is CC1(C)OB(C(=Cc2cccc(CCl)c2)CS)OC1(C)C. The lowest BCUT2D eigenvalue weighted by atomic mass is 9.78. The van der Waals surface area contributed by atoms with Gasteiger partial charge in [-0.3, -0.25) is 0 Å². The Kier molecular flexibility index (Phi) is 5.14. The Bertz CT molecular complexity index is 527. The average Bonchev–Trinajstić information content (AvgIpc) is 2.65. The Labute approximate surface area is 138 Å². The van der Waals surface area contributed by atoms with Crippen LogP contribution in [0, 0.1) is 0 Å². The van der Waals surface area contributed by atoms with E-state index >= 15 is 0 Å². The number of alkyl halides is 1. The minimum Gasteiger partial charge on any atom is -0.400 e. The van der Waals surface area contributed by atoms with Crippen LogP contribution in [0.25, 0.3) is 6.08 Å². The molecule has 2 nitrogen and oxygen atoms in total. The second-order valence-corrected chi connectivity index (χ2v) is 6.93. The van der Waals surface area contributed by atoms with E-state index in [-0.39, 0.29) is 18.3 Å². The Morgan fingerprint density at radius 3 is 2.38 bits per heavy atom. The Hall–Kier alpha value is -0.415. The van der Waals surface area contributed by atoms with Crippen molar-refractivity contribution in [2.75, 3.05) is 5.75 Å². The minimum atomic E-state index is -0.354. The highest BCUT2D eigenvalue weighted by atomic mass is 35.5. The highest BCUT2D eigenvalue weighted by molar-refractivity contribution is 7.80. The molecular weight excluding hydrogens is 303 g/mol. The first kappa shape index (κ1) is 16.9. The standard InChI is InChI=1S/C16H22BClO2S/c1-15(2)16(3,4)20-17(19-15)14(11-21)9-12-6-5-7-13(8-12)10-18/h5-9,21H,10-11H2,1-4H3. The number of hydrogen-bond acceptors (Lipinski definition) is 3. The van der Waals surface area contributed by atoms with Crippen LogP contribution >= 0.6 is 24.2 Å². The van der Waals surface area contributed by atoms with Crippen LogP contribution < -0.4 is 0 Å². The zero-order chi connectivity index (χ0) is 15.7. The van der Waals surface area contributed by atoms with E-state index < -0.39 is 0 Å². The van der Waals surface area contributed by atoms with Gasteiger partial charge in [0.15, 0.2) is 0 Å². The largest absolute Gasteiger partial charge is 0.491 e. The molecule has 1 saturated heterocycles. The van der Waals surface area contributed by atoms with Crippen LogP contribution in [0.4, 0.5) is 0 Å². The molecule has 1 aromatic carbocycles. The van der Waals surface area contributed by atoms with E-state index in [9.17, 15) is 0 Å². The van der Waals surface area contributed by atoms with E-state index in [1.165, 1.54) is 0 Å². The van der Waals surface area contributed by atoms with E-state index in [1.54, 1.807) is 0 Å². The molecule has 0 bridgehead atoms. The molecule has 0 N–H and O–H groups in total. The van der Waals surface area contributed by atoms with Crippen molar-refractivity contribution in [2.24, 2.45) is 0 Å². The summed E-state index contributed by atoms with van der Waals surface area (Å²) in [6, 6.07) is 8.13. The summed E-state index contributed by atoms with van der Waals surface area (Å²) in [6.45, 7) is 8.21. The van der Waals surface area contributed by atoms with Gasteiger partial charge in [-0.25, -0.2) is 0 Å². The summed E-state index contributed by atoms with van der Waals surface area (Å²) in [5.74, 6) is 1.09. The van der Waals surface area contributed by atoms with Gasteiger partial charge >= 0.3 is 7.12 Å². The molecule has 114 valence electrons. The smallest absolute Gasteiger partial charge is 0.400 e. The van der Waals surface area contributed by atoms with Gasteiger partial charge in [-0.15, -0.1) is 11.6 Å². The number of hydrogen-bond donors (Lipinski definition) is 1. The molecule has 0 amide bonds. The second-order valence-electron chi connectivity index (χ2n) is 6.34. The van der Waals surface area contributed by atoms with Crippen molar-refractivity contribution in [2.45, 2.75) is 44.8 Å². The molecule has 5 heteroatoms. The van der Waals surface area contributed by atoms with Crippen molar-refractivity contribution in [3.8, 4) is 0 Å². The molecule has 0 aromatic heterocycles. The average molecular weight is 325 g/mol. The van der Waals surface area contributed by atoms with Gasteiger partial charge in [-0.1, -0.05) is 30.3 Å². The summed E-state index contributed by atoms with van der Waals surface area (Å²) in [5.41, 5.74) is 2.53. The quantitative estimate of drug-likeness (QED) is 0.503. The lowest BCUT2D eigenvalue weighted by Crippen LogP contribution is -2.41. The molecule has 1 aromatic rings. The van der Waals surface area contributed by atoms with Crippen molar-refractivity contribution < 1.29 is 9.31 Å². The molecule has 1 fully saturated rings. The van der Waals surface area contributed by atoms with Crippen molar-refractivity contribution in [1.29, 1.82) is 0 Å². The summed E-state index contributed by atoms with van der Waals surface area (Å²) in [6.07, 6.45) is 2.07. The molecule has 1 aliphatic rings. The van der Waals surface area contributed by atoms with E-state index in [4.69, 9.17) is 20.9 Å². The predicted molar refractivity (Wildman–Crippen MR) is 93.9 cm³/mol. The Morgan fingerprint density at radius 2 is 1.86 bits per heavy atom. The molecule has 0 aliphatic carbocycles. The molecule has 0 spiro atoms. The molecule has 0 saturated carbocycles. The highest BCUT2D eigenvalue weighted by Gasteiger charge is 2.52. The van der Waals surface area contributed by atoms with Crippen molar-refractivity contribution >= 4 is 37.4 Å². The summed E-state index contributed by atoms with van der Waals surface area (Å²) in [7, 11) is -0.354. The predicted octanol–water partition coefficient (Wildman–Crippen LogP) is 4.37. The van der Waals surface area contributed by atoms with Gasteiger partial charge < -0.3 is 9.31 Å². The fourth-order valence-electron chi connectivity index (χ4n) is 2.16. The lowest BCUT2D eigenvalue weighted by Gasteiger charge is -2.32. The lowest BCUT2D eigenvalue weighted by molar-refractivity contribution is 0.00578. The van der Waals surface area contributed by atoms with Crippen LogP contribution in [0.2, 0.25) is 0 Å². The van der Waals surface area contributed by atoms with E-state index in [1.807, 2.05) is 18.2 Å². The van der Waals surface area contributed by atoms with E-state index in [0.717, 1.165) is 16.6 Å². The van der Waals surface area contributed by atoms with Gasteiger partial charge in [0.05, 0.1) is 11.2 Å². The fourth-order valence-corrected chi connectivity index (χ4v) is 2.57. The molecule has 0 unspecified atom stereocenters. The van der Waals surface area contributed by atoms with E-state index in [0.29, 0.717) is 11.6 Å². The minimum absolute atomic E-state index is 0.336. The summed E-state index contributed by atoms with van der Waals surface area (Å²) in [4.78, 5) is 0. The maximum absolute atomic E-state index is 6.08. The van der Waals surface area contributed by atoms with Crippen LogP contribution in [0.5, 0.6) is 0 Å². The third-order valence-electron chi connectivity index (χ3n) is 4.20. The molecule has 21 heavy (non-hydrogen) atoms.